The monoisotopic (exact) mass is 337 g/mol. The van der Waals surface area contributed by atoms with Crippen molar-refractivity contribution in [2.75, 3.05) is 20.1 Å². The standard InChI is InChI=1S/C12H19N3O4S.ClH/c1-9-7-11(15(16)17)8-12(10(9)2)20(18,19)14-6-4-5-13-3;/h7-8,13-14H,4-6H2,1-3H3;1H. The summed E-state index contributed by atoms with van der Waals surface area (Å²) in [5.41, 5.74) is 0.884. The molecule has 0 heterocycles. The first-order valence-corrected chi connectivity index (χ1v) is 7.68. The van der Waals surface area contributed by atoms with E-state index in [0.29, 0.717) is 24.1 Å². The molecule has 0 unspecified atom stereocenters. The van der Waals surface area contributed by atoms with Crippen LogP contribution in [0.4, 0.5) is 5.69 Å². The molecule has 0 saturated carbocycles. The second-order valence-corrected chi connectivity index (χ2v) is 6.23. The van der Waals surface area contributed by atoms with Crippen LogP contribution >= 0.6 is 12.4 Å². The molecule has 0 fully saturated rings. The number of hydrogen-bond acceptors (Lipinski definition) is 5. The second-order valence-electron chi connectivity index (χ2n) is 4.50. The fourth-order valence-electron chi connectivity index (χ4n) is 1.74. The lowest BCUT2D eigenvalue weighted by Gasteiger charge is -2.11. The number of non-ortho nitro benzene ring substituents is 1. The SMILES string of the molecule is CNCCCNS(=O)(=O)c1cc([N+](=O)[O-])cc(C)c1C.Cl. The van der Waals surface area contributed by atoms with Gasteiger partial charge in [-0.15, -0.1) is 12.4 Å². The molecular weight excluding hydrogens is 318 g/mol. The highest BCUT2D eigenvalue weighted by Gasteiger charge is 2.21. The molecule has 1 aromatic rings. The summed E-state index contributed by atoms with van der Waals surface area (Å²) in [5.74, 6) is 0. The molecule has 120 valence electrons. The minimum absolute atomic E-state index is 0. The molecule has 0 saturated heterocycles. The number of aryl methyl sites for hydroxylation is 1. The van der Waals surface area contributed by atoms with Crippen LogP contribution in [0.25, 0.3) is 0 Å². The van der Waals surface area contributed by atoms with E-state index < -0.39 is 14.9 Å². The Balaban J connectivity index is 0.00000400. The Labute approximate surface area is 130 Å². The van der Waals surface area contributed by atoms with Crippen molar-refractivity contribution in [2.45, 2.75) is 25.2 Å². The Hall–Kier alpha value is -1.22. The third kappa shape index (κ3) is 5.24. The van der Waals surface area contributed by atoms with E-state index in [9.17, 15) is 18.5 Å². The lowest BCUT2D eigenvalue weighted by molar-refractivity contribution is -0.385. The summed E-state index contributed by atoms with van der Waals surface area (Å²) in [6.45, 7) is 4.27. The molecule has 0 aliphatic rings. The molecule has 0 bridgehead atoms. The number of rotatable bonds is 7. The van der Waals surface area contributed by atoms with Gasteiger partial charge in [0.25, 0.3) is 5.69 Å². The molecule has 0 aliphatic heterocycles. The normalized spacial score (nSPS) is 11.0. The number of benzene rings is 1. The molecule has 9 heteroatoms. The van der Waals surface area contributed by atoms with Crippen LogP contribution in [0.3, 0.4) is 0 Å². The number of hydrogen-bond donors (Lipinski definition) is 2. The zero-order valence-electron chi connectivity index (χ0n) is 12.2. The third-order valence-corrected chi connectivity index (χ3v) is 4.59. The maximum absolute atomic E-state index is 12.2. The molecule has 0 atom stereocenters. The summed E-state index contributed by atoms with van der Waals surface area (Å²) >= 11 is 0. The Bertz CT molecular complexity index is 605. The van der Waals surface area contributed by atoms with Gasteiger partial charge in [0.1, 0.15) is 0 Å². The highest BCUT2D eigenvalue weighted by molar-refractivity contribution is 7.89. The van der Waals surface area contributed by atoms with Crippen molar-refractivity contribution < 1.29 is 13.3 Å². The van der Waals surface area contributed by atoms with Crippen molar-refractivity contribution in [3.8, 4) is 0 Å². The molecule has 0 aliphatic carbocycles. The van der Waals surface area contributed by atoms with Crippen LogP contribution in [0.2, 0.25) is 0 Å². The first kappa shape index (κ1) is 19.8. The predicted octanol–water partition coefficient (Wildman–Crippen LogP) is 1.52. The highest BCUT2D eigenvalue weighted by atomic mass is 35.5. The van der Waals surface area contributed by atoms with Gasteiger partial charge in [-0.2, -0.15) is 0 Å². The van der Waals surface area contributed by atoms with Gasteiger partial charge in [0.05, 0.1) is 9.82 Å². The Morgan fingerprint density at radius 1 is 1.24 bits per heavy atom. The quantitative estimate of drug-likeness (QED) is 0.446. The largest absolute Gasteiger partial charge is 0.320 e. The Kier molecular flexibility index (Phi) is 7.80. The van der Waals surface area contributed by atoms with E-state index in [2.05, 4.69) is 10.0 Å². The number of nitrogens with one attached hydrogen (secondary N) is 2. The van der Waals surface area contributed by atoms with E-state index in [-0.39, 0.29) is 29.5 Å². The summed E-state index contributed by atoms with van der Waals surface area (Å²) in [5, 5.41) is 13.7. The molecule has 2 N–H and O–H groups in total. The predicted molar refractivity (Wildman–Crippen MR) is 83.6 cm³/mol. The van der Waals surface area contributed by atoms with E-state index >= 15 is 0 Å². The second kappa shape index (κ2) is 8.28. The van der Waals surface area contributed by atoms with E-state index in [1.807, 2.05) is 0 Å². The van der Waals surface area contributed by atoms with Crippen LogP contribution in [-0.2, 0) is 10.0 Å². The molecule has 0 amide bonds. The number of sulfonamides is 1. The Morgan fingerprint density at radius 3 is 2.38 bits per heavy atom. The fraction of sp³-hybridized carbons (Fsp3) is 0.500. The van der Waals surface area contributed by atoms with Crippen molar-refractivity contribution in [1.29, 1.82) is 0 Å². The summed E-state index contributed by atoms with van der Waals surface area (Å²) < 4.78 is 26.8. The summed E-state index contributed by atoms with van der Waals surface area (Å²) in [7, 11) is -1.95. The van der Waals surface area contributed by atoms with E-state index in [1.54, 1.807) is 20.9 Å². The lowest BCUT2D eigenvalue weighted by atomic mass is 10.1. The van der Waals surface area contributed by atoms with Gasteiger partial charge in [0.2, 0.25) is 10.0 Å². The molecule has 1 rings (SSSR count). The van der Waals surface area contributed by atoms with Gasteiger partial charge < -0.3 is 5.32 Å². The Morgan fingerprint density at radius 2 is 1.86 bits per heavy atom. The summed E-state index contributed by atoms with van der Waals surface area (Å²) in [6.07, 6.45) is 0.642. The maximum atomic E-state index is 12.2. The highest BCUT2D eigenvalue weighted by Crippen LogP contribution is 2.25. The zero-order valence-corrected chi connectivity index (χ0v) is 13.8. The van der Waals surface area contributed by atoms with Gasteiger partial charge in [0.15, 0.2) is 0 Å². The van der Waals surface area contributed by atoms with E-state index in [1.165, 1.54) is 6.07 Å². The van der Waals surface area contributed by atoms with Gasteiger partial charge >= 0.3 is 0 Å². The van der Waals surface area contributed by atoms with Gasteiger partial charge in [-0.3, -0.25) is 10.1 Å². The van der Waals surface area contributed by atoms with Crippen molar-refractivity contribution >= 4 is 28.1 Å². The van der Waals surface area contributed by atoms with Crippen LogP contribution in [-0.4, -0.2) is 33.5 Å². The van der Waals surface area contributed by atoms with Crippen molar-refractivity contribution in [2.24, 2.45) is 0 Å². The molecule has 1 aromatic carbocycles. The third-order valence-electron chi connectivity index (χ3n) is 3.00. The average Bonchev–Trinajstić information content (AvgIpc) is 2.37. The molecule has 7 nitrogen and oxygen atoms in total. The maximum Gasteiger partial charge on any atom is 0.271 e. The lowest BCUT2D eigenvalue weighted by Crippen LogP contribution is -2.27. The summed E-state index contributed by atoms with van der Waals surface area (Å²) in [6, 6.07) is 2.47. The average molecular weight is 338 g/mol. The molecule has 0 radical (unpaired) electrons. The number of nitro groups is 1. The number of nitro benzene ring substituents is 1. The minimum atomic E-state index is -3.73. The van der Waals surface area contributed by atoms with Crippen LogP contribution < -0.4 is 10.0 Å². The van der Waals surface area contributed by atoms with Crippen LogP contribution in [0, 0.1) is 24.0 Å². The van der Waals surface area contributed by atoms with Gasteiger partial charge in [-0.1, -0.05) is 0 Å². The van der Waals surface area contributed by atoms with Gasteiger partial charge in [0, 0.05) is 18.7 Å². The van der Waals surface area contributed by atoms with Crippen molar-refractivity contribution in [3.05, 3.63) is 33.4 Å². The van der Waals surface area contributed by atoms with Crippen LogP contribution in [0.1, 0.15) is 17.5 Å². The topological polar surface area (TPSA) is 101 Å². The number of halogens is 1. The zero-order chi connectivity index (χ0) is 15.3. The van der Waals surface area contributed by atoms with E-state index in [4.69, 9.17) is 0 Å². The summed E-state index contributed by atoms with van der Waals surface area (Å²) in [4.78, 5) is 10.2. The van der Waals surface area contributed by atoms with Crippen LogP contribution in [0.15, 0.2) is 17.0 Å². The molecule has 0 spiro atoms. The smallest absolute Gasteiger partial charge is 0.271 e. The first-order chi connectivity index (χ1) is 9.29. The van der Waals surface area contributed by atoms with E-state index in [0.717, 1.165) is 6.07 Å². The van der Waals surface area contributed by atoms with Gasteiger partial charge in [-0.05, 0) is 45.0 Å². The van der Waals surface area contributed by atoms with Crippen molar-refractivity contribution in [1.82, 2.24) is 10.0 Å². The fourth-order valence-corrected chi connectivity index (χ4v) is 3.15. The molecule has 21 heavy (non-hydrogen) atoms. The molecular formula is C12H20ClN3O4S. The van der Waals surface area contributed by atoms with Crippen LogP contribution in [0.5, 0.6) is 0 Å². The molecule has 0 aromatic heterocycles. The van der Waals surface area contributed by atoms with Gasteiger partial charge in [-0.25, -0.2) is 13.1 Å². The minimum Gasteiger partial charge on any atom is -0.320 e. The number of nitrogens with zero attached hydrogens (tertiary/aromatic N) is 1. The van der Waals surface area contributed by atoms with Crippen molar-refractivity contribution in [3.63, 3.8) is 0 Å². The first-order valence-electron chi connectivity index (χ1n) is 6.19.